The zero-order valence-corrected chi connectivity index (χ0v) is 12.1. The number of hydrogen-bond acceptors (Lipinski definition) is 5. The Hall–Kier alpha value is -1.14. The van der Waals surface area contributed by atoms with Crippen molar-refractivity contribution >= 4 is 23.4 Å². The maximum atomic E-state index is 6.11. The van der Waals surface area contributed by atoms with Crippen LogP contribution in [-0.2, 0) is 6.42 Å². The lowest BCUT2D eigenvalue weighted by atomic mass is 10.3. The Morgan fingerprint density at radius 3 is 2.61 bits per heavy atom. The van der Waals surface area contributed by atoms with Crippen molar-refractivity contribution in [3.8, 4) is 0 Å². The molecule has 0 aliphatic rings. The smallest absolute Gasteiger partial charge is 0.214 e. The summed E-state index contributed by atoms with van der Waals surface area (Å²) in [7, 11) is 0. The number of aryl methyl sites for hydroxylation is 2. The van der Waals surface area contributed by atoms with Crippen molar-refractivity contribution in [1.82, 2.24) is 25.1 Å². The molecule has 2 heterocycles. The first-order valence-electron chi connectivity index (χ1n) is 5.70. The molecule has 0 saturated carbocycles. The van der Waals surface area contributed by atoms with Crippen molar-refractivity contribution in [3.63, 3.8) is 0 Å². The van der Waals surface area contributed by atoms with Gasteiger partial charge >= 0.3 is 0 Å². The summed E-state index contributed by atoms with van der Waals surface area (Å²) in [6, 6.07) is 0. The summed E-state index contributed by atoms with van der Waals surface area (Å²) in [4.78, 5) is 13.0. The molecule has 2 aromatic heterocycles. The molecule has 96 valence electrons. The molecule has 0 bridgehead atoms. The Kier molecular flexibility index (Phi) is 4.19. The van der Waals surface area contributed by atoms with Gasteiger partial charge in [0.25, 0.3) is 0 Å². The second-order valence-corrected chi connectivity index (χ2v) is 5.23. The highest BCUT2D eigenvalue weighted by atomic mass is 35.5. The summed E-state index contributed by atoms with van der Waals surface area (Å²) in [6.45, 7) is 5.85. The average molecular weight is 284 g/mol. The zero-order chi connectivity index (χ0) is 13.1. The molecule has 0 spiro atoms. The number of aromatic amines is 1. The predicted molar refractivity (Wildman–Crippen MR) is 71.0 cm³/mol. The molecule has 1 N–H and O–H groups in total. The molecule has 0 atom stereocenters. The van der Waals surface area contributed by atoms with E-state index in [9.17, 15) is 0 Å². The van der Waals surface area contributed by atoms with Crippen LogP contribution in [0.25, 0.3) is 0 Å². The van der Waals surface area contributed by atoms with Crippen LogP contribution >= 0.6 is 23.4 Å². The third kappa shape index (κ3) is 3.00. The lowest BCUT2D eigenvalue weighted by Crippen LogP contribution is -1.99. The van der Waals surface area contributed by atoms with Gasteiger partial charge in [-0.2, -0.15) is 0 Å². The first-order chi connectivity index (χ1) is 8.60. The molecule has 2 rings (SSSR count). The van der Waals surface area contributed by atoms with Crippen LogP contribution in [0.2, 0.25) is 5.15 Å². The summed E-state index contributed by atoms with van der Waals surface area (Å²) in [5.41, 5.74) is 0.865. The number of rotatable bonds is 4. The maximum Gasteiger partial charge on any atom is 0.214 e. The Bertz CT molecular complexity index is 554. The van der Waals surface area contributed by atoms with Crippen LogP contribution in [0.1, 0.15) is 30.6 Å². The number of nitrogens with zero attached hydrogens (tertiary/aromatic N) is 4. The maximum absolute atomic E-state index is 6.11. The van der Waals surface area contributed by atoms with Gasteiger partial charge in [-0.15, -0.1) is 5.10 Å². The molecule has 2 aromatic rings. The van der Waals surface area contributed by atoms with Gasteiger partial charge in [0.05, 0.1) is 0 Å². The minimum Gasteiger partial charge on any atom is -0.262 e. The summed E-state index contributed by atoms with van der Waals surface area (Å²) < 4.78 is 0. The average Bonchev–Trinajstić information content (AvgIpc) is 2.71. The quantitative estimate of drug-likeness (QED) is 0.874. The van der Waals surface area contributed by atoms with Gasteiger partial charge in [-0.3, -0.25) is 5.10 Å². The van der Waals surface area contributed by atoms with Gasteiger partial charge in [-0.05, 0) is 32.0 Å². The van der Waals surface area contributed by atoms with Gasteiger partial charge in [-0.25, -0.2) is 15.0 Å². The molecule has 7 heteroatoms. The van der Waals surface area contributed by atoms with Crippen LogP contribution in [-0.4, -0.2) is 25.1 Å². The first-order valence-corrected chi connectivity index (χ1v) is 6.89. The fourth-order valence-corrected chi connectivity index (χ4v) is 2.49. The highest BCUT2D eigenvalue weighted by molar-refractivity contribution is 7.99. The molecule has 0 aliphatic carbocycles. The van der Waals surface area contributed by atoms with E-state index < -0.39 is 0 Å². The molecule has 18 heavy (non-hydrogen) atoms. The summed E-state index contributed by atoms with van der Waals surface area (Å²) in [6.07, 6.45) is 1.81. The Labute approximate surface area is 115 Å². The zero-order valence-electron chi connectivity index (χ0n) is 10.5. The number of aromatic nitrogens is 5. The molecule has 0 saturated heterocycles. The van der Waals surface area contributed by atoms with Crippen molar-refractivity contribution in [2.45, 2.75) is 43.8 Å². The third-order valence-electron chi connectivity index (χ3n) is 2.33. The van der Waals surface area contributed by atoms with Crippen LogP contribution in [0.3, 0.4) is 0 Å². The van der Waals surface area contributed by atoms with E-state index in [0.29, 0.717) is 10.3 Å². The van der Waals surface area contributed by atoms with Crippen molar-refractivity contribution in [3.05, 3.63) is 22.4 Å². The fraction of sp³-hybridized carbons (Fsp3) is 0.455. The van der Waals surface area contributed by atoms with Crippen LogP contribution in [0, 0.1) is 13.8 Å². The van der Waals surface area contributed by atoms with E-state index in [-0.39, 0.29) is 0 Å². The van der Waals surface area contributed by atoms with E-state index >= 15 is 0 Å². The highest BCUT2D eigenvalue weighted by Crippen LogP contribution is 2.29. The third-order valence-corrected chi connectivity index (χ3v) is 3.65. The molecular weight excluding hydrogens is 270 g/mol. The van der Waals surface area contributed by atoms with Crippen molar-refractivity contribution < 1.29 is 0 Å². The second-order valence-electron chi connectivity index (χ2n) is 3.92. The van der Waals surface area contributed by atoms with Gasteiger partial charge in [0, 0.05) is 12.0 Å². The number of hydrogen-bond donors (Lipinski definition) is 1. The van der Waals surface area contributed by atoms with Gasteiger partial charge in [0.15, 0.2) is 0 Å². The number of H-pyrrole nitrogens is 1. The SMILES string of the molecule is CCCc1nc(Cl)c(C)c(Sc2n[nH]c(C)n2)n1. The van der Waals surface area contributed by atoms with Gasteiger partial charge in [0.2, 0.25) is 5.16 Å². The van der Waals surface area contributed by atoms with E-state index in [1.54, 1.807) is 0 Å². The van der Waals surface area contributed by atoms with Crippen LogP contribution < -0.4 is 0 Å². The lowest BCUT2D eigenvalue weighted by Gasteiger charge is -2.06. The molecule has 0 amide bonds. The molecule has 0 unspecified atom stereocenters. The normalized spacial score (nSPS) is 10.9. The first kappa shape index (κ1) is 13.3. The molecule has 0 fully saturated rings. The van der Waals surface area contributed by atoms with E-state index in [1.165, 1.54) is 11.8 Å². The molecule has 0 aliphatic heterocycles. The Balaban J connectivity index is 2.31. The van der Waals surface area contributed by atoms with Crippen molar-refractivity contribution in [2.75, 3.05) is 0 Å². The summed E-state index contributed by atoms with van der Waals surface area (Å²) in [5, 5.41) is 8.85. The van der Waals surface area contributed by atoms with Crippen molar-refractivity contribution in [1.29, 1.82) is 0 Å². The van der Waals surface area contributed by atoms with E-state index in [0.717, 1.165) is 35.1 Å². The summed E-state index contributed by atoms with van der Waals surface area (Å²) >= 11 is 7.51. The molecule has 5 nitrogen and oxygen atoms in total. The fourth-order valence-electron chi connectivity index (χ4n) is 1.40. The monoisotopic (exact) mass is 283 g/mol. The molecular formula is C11H14ClN5S. The van der Waals surface area contributed by atoms with E-state index in [1.807, 2.05) is 13.8 Å². The van der Waals surface area contributed by atoms with Crippen LogP contribution in [0.5, 0.6) is 0 Å². The number of halogens is 1. The van der Waals surface area contributed by atoms with Gasteiger partial charge in [0.1, 0.15) is 21.8 Å². The number of nitrogens with one attached hydrogen (secondary N) is 1. The molecule has 0 aromatic carbocycles. The summed E-state index contributed by atoms with van der Waals surface area (Å²) in [5.74, 6) is 1.55. The van der Waals surface area contributed by atoms with Gasteiger partial charge < -0.3 is 0 Å². The van der Waals surface area contributed by atoms with Crippen LogP contribution in [0.15, 0.2) is 10.2 Å². The van der Waals surface area contributed by atoms with Crippen molar-refractivity contribution in [2.24, 2.45) is 0 Å². The predicted octanol–water partition coefficient (Wildman–Crippen LogP) is 2.97. The Morgan fingerprint density at radius 1 is 1.22 bits per heavy atom. The van der Waals surface area contributed by atoms with E-state index in [4.69, 9.17) is 11.6 Å². The van der Waals surface area contributed by atoms with Crippen LogP contribution in [0.4, 0.5) is 0 Å². The van der Waals surface area contributed by atoms with Gasteiger partial charge in [-0.1, -0.05) is 18.5 Å². The molecule has 0 radical (unpaired) electrons. The van der Waals surface area contributed by atoms with E-state index in [2.05, 4.69) is 32.1 Å². The minimum atomic E-state index is 0.503. The lowest BCUT2D eigenvalue weighted by molar-refractivity contribution is 0.800. The Morgan fingerprint density at radius 2 is 2.00 bits per heavy atom. The topological polar surface area (TPSA) is 67.3 Å². The minimum absolute atomic E-state index is 0.503. The standard InChI is InChI=1S/C11H14ClN5S/c1-4-5-8-14-9(12)6(2)10(15-8)18-11-13-7(3)16-17-11/h4-5H2,1-3H3,(H,13,16,17). The second kappa shape index (κ2) is 5.67. The largest absolute Gasteiger partial charge is 0.262 e. The highest BCUT2D eigenvalue weighted by Gasteiger charge is 2.12.